The summed E-state index contributed by atoms with van der Waals surface area (Å²) in [4.78, 5) is 15.6. The average Bonchev–Trinajstić information content (AvgIpc) is 2.82. The Morgan fingerprint density at radius 1 is 1.47 bits per heavy atom. The number of aromatic nitrogens is 3. The van der Waals surface area contributed by atoms with Crippen molar-refractivity contribution in [1.82, 2.24) is 14.8 Å². The largest absolute Gasteiger partial charge is 0.481 e. The van der Waals surface area contributed by atoms with Crippen molar-refractivity contribution in [2.24, 2.45) is 0 Å². The molecule has 0 atom stereocenters. The zero-order valence-electron chi connectivity index (χ0n) is 10.4. The fourth-order valence-electron chi connectivity index (χ4n) is 1.52. The molecular formula is C12H14N4O3. The molecule has 100 valence electrons. The number of anilines is 1. The molecule has 19 heavy (non-hydrogen) atoms. The van der Waals surface area contributed by atoms with Crippen LogP contribution in [0.1, 0.15) is 5.56 Å². The van der Waals surface area contributed by atoms with Crippen LogP contribution in [-0.2, 0) is 22.7 Å². The van der Waals surface area contributed by atoms with Crippen LogP contribution in [-0.4, -0.2) is 27.8 Å². The van der Waals surface area contributed by atoms with E-state index in [1.54, 1.807) is 30.6 Å². The Morgan fingerprint density at radius 2 is 2.32 bits per heavy atom. The van der Waals surface area contributed by atoms with Gasteiger partial charge in [0.25, 0.3) is 0 Å². The number of rotatable bonds is 5. The fourth-order valence-corrected chi connectivity index (χ4v) is 1.52. The number of nitrogens with two attached hydrogens (primary N) is 1. The lowest BCUT2D eigenvalue weighted by molar-refractivity contribution is -0.145. The quantitative estimate of drug-likeness (QED) is 0.794. The highest BCUT2D eigenvalue weighted by Gasteiger charge is 2.09. The maximum atomic E-state index is 11.6. The second kappa shape index (κ2) is 5.85. The molecule has 2 aromatic rings. The Labute approximate surface area is 110 Å². The van der Waals surface area contributed by atoms with E-state index in [4.69, 9.17) is 15.2 Å². The fraction of sp³-hybridized carbons (Fsp3) is 0.250. The van der Waals surface area contributed by atoms with Crippen LogP contribution in [0.3, 0.4) is 0 Å². The smallest absolute Gasteiger partial charge is 0.328 e. The van der Waals surface area contributed by atoms with Gasteiger partial charge in [-0.3, -0.25) is 9.48 Å². The minimum atomic E-state index is -0.408. The number of ether oxygens (including phenoxy) is 2. The third kappa shape index (κ3) is 3.44. The Morgan fingerprint density at radius 3 is 3.00 bits per heavy atom. The molecule has 0 spiro atoms. The first-order valence-electron chi connectivity index (χ1n) is 5.61. The molecule has 7 heteroatoms. The SMILES string of the molecule is COc1ncccc1COC(=O)Cn1ccc(N)n1. The van der Waals surface area contributed by atoms with E-state index in [2.05, 4.69) is 10.1 Å². The maximum Gasteiger partial charge on any atom is 0.328 e. The van der Waals surface area contributed by atoms with Crippen LogP contribution in [0.5, 0.6) is 5.88 Å². The van der Waals surface area contributed by atoms with Gasteiger partial charge in [0, 0.05) is 12.4 Å². The predicted molar refractivity (Wildman–Crippen MR) is 67.2 cm³/mol. The molecule has 2 aromatic heterocycles. The molecule has 0 unspecified atom stereocenters. The van der Waals surface area contributed by atoms with Crippen molar-refractivity contribution in [3.63, 3.8) is 0 Å². The van der Waals surface area contributed by atoms with Crippen LogP contribution >= 0.6 is 0 Å². The highest BCUT2D eigenvalue weighted by Crippen LogP contribution is 2.14. The van der Waals surface area contributed by atoms with Gasteiger partial charge in [-0.1, -0.05) is 0 Å². The number of esters is 1. The van der Waals surface area contributed by atoms with E-state index in [9.17, 15) is 4.79 Å². The Kier molecular flexibility index (Phi) is 3.97. The number of nitrogens with zero attached hydrogens (tertiary/aromatic N) is 3. The monoisotopic (exact) mass is 262 g/mol. The van der Waals surface area contributed by atoms with Gasteiger partial charge in [0.15, 0.2) is 0 Å². The number of carbonyl (C=O) groups excluding carboxylic acids is 1. The van der Waals surface area contributed by atoms with Gasteiger partial charge in [0.1, 0.15) is 19.0 Å². The lowest BCUT2D eigenvalue weighted by Crippen LogP contribution is -2.14. The number of hydrogen-bond donors (Lipinski definition) is 1. The second-order valence-corrected chi connectivity index (χ2v) is 3.77. The Balaban J connectivity index is 1.89. The first kappa shape index (κ1) is 12.9. The van der Waals surface area contributed by atoms with E-state index in [1.165, 1.54) is 11.8 Å². The molecule has 0 saturated carbocycles. The Hall–Kier alpha value is -2.57. The molecule has 2 rings (SSSR count). The van der Waals surface area contributed by atoms with Crippen LogP contribution in [0.25, 0.3) is 0 Å². The molecule has 0 fully saturated rings. The van der Waals surface area contributed by atoms with Crippen molar-refractivity contribution in [3.8, 4) is 5.88 Å². The molecule has 0 amide bonds. The van der Waals surface area contributed by atoms with Gasteiger partial charge in [-0.15, -0.1) is 0 Å². The lowest BCUT2D eigenvalue weighted by atomic mass is 10.3. The van der Waals surface area contributed by atoms with Crippen molar-refractivity contribution in [1.29, 1.82) is 0 Å². The van der Waals surface area contributed by atoms with Gasteiger partial charge in [-0.05, 0) is 18.2 Å². The van der Waals surface area contributed by atoms with E-state index in [-0.39, 0.29) is 13.2 Å². The van der Waals surface area contributed by atoms with Gasteiger partial charge >= 0.3 is 5.97 Å². The van der Waals surface area contributed by atoms with Crippen molar-refractivity contribution >= 4 is 11.8 Å². The summed E-state index contributed by atoms with van der Waals surface area (Å²) in [6, 6.07) is 5.14. The molecule has 2 N–H and O–H groups in total. The number of pyridine rings is 1. The summed E-state index contributed by atoms with van der Waals surface area (Å²) in [7, 11) is 1.51. The zero-order chi connectivity index (χ0) is 13.7. The van der Waals surface area contributed by atoms with Gasteiger partial charge in [0.05, 0.1) is 12.7 Å². The van der Waals surface area contributed by atoms with Crippen molar-refractivity contribution in [2.45, 2.75) is 13.2 Å². The topological polar surface area (TPSA) is 92.3 Å². The highest BCUT2D eigenvalue weighted by molar-refractivity contribution is 5.69. The van der Waals surface area contributed by atoms with Gasteiger partial charge in [-0.25, -0.2) is 4.98 Å². The van der Waals surface area contributed by atoms with E-state index < -0.39 is 5.97 Å². The van der Waals surface area contributed by atoms with Crippen LogP contribution in [0.4, 0.5) is 5.82 Å². The standard InChI is InChI=1S/C12H14N4O3/c1-18-12-9(3-2-5-14-12)8-19-11(17)7-16-6-4-10(13)15-16/h2-6H,7-8H2,1H3,(H2,13,15). The molecule has 7 nitrogen and oxygen atoms in total. The normalized spacial score (nSPS) is 10.2. The molecule has 0 saturated heterocycles. The summed E-state index contributed by atoms with van der Waals surface area (Å²) in [5.74, 6) is 0.398. The summed E-state index contributed by atoms with van der Waals surface area (Å²) < 4.78 is 11.6. The minimum absolute atomic E-state index is 0.0137. The third-order valence-corrected chi connectivity index (χ3v) is 2.38. The van der Waals surface area contributed by atoms with E-state index in [1.807, 2.05) is 0 Å². The molecule has 0 aliphatic rings. The van der Waals surface area contributed by atoms with Crippen LogP contribution in [0, 0.1) is 0 Å². The van der Waals surface area contributed by atoms with Gasteiger partial charge in [0.2, 0.25) is 5.88 Å². The van der Waals surface area contributed by atoms with Gasteiger partial charge in [-0.2, -0.15) is 5.10 Å². The molecule has 0 aromatic carbocycles. The maximum absolute atomic E-state index is 11.6. The molecule has 0 radical (unpaired) electrons. The first-order valence-corrected chi connectivity index (χ1v) is 5.61. The number of hydrogen-bond acceptors (Lipinski definition) is 6. The van der Waals surface area contributed by atoms with Crippen LogP contribution in [0.2, 0.25) is 0 Å². The van der Waals surface area contributed by atoms with E-state index in [0.29, 0.717) is 17.3 Å². The number of methoxy groups -OCH3 is 1. The average molecular weight is 262 g/mol. The number of nitrogen functional groups attached to an aromatic ring is 1. The van der Waals surface area contributed by atoms with Crippen molar-refractivity contribution < 1.29 is 14.3 Å². The Bertz CT molecular complexity index is 568. The summed E-state index contributed by atoms with van der Waals surface area (Å²) in [5, 5.41) is 3.90. The summed E-state index contributed by atoms with van der Waals surface area (Å²) in [5.41, 5.74) is 6.16. The third-order valence-electron chi connectivity index (χ3n) is 2.38. The summed E-state index contributed by atoms with van der Waals surface area (Å²) >= 11 is 0. The second-order valence-electron chi connectivity index (χ2n) is 3.77. The minimum Gasteiger partial charge on any atom is -0.481 e. The van der Waals surface area contributed by atoms with Crippen molar-refractivity contribution in [3.05, 3.63) is 36.2 Å². The lowest BCUT2D eigenvalue weighted by Gasteiger charge is -2.08. The summed E-state index contributed by atoms with van der Waals surface area (Å²) in [6.45, 7) is 0.117. The molecule has 0 bridgehead atoms. The van der Waals surface area contributed by atoms with E-state index >= 15 is 0 Å². The highest BCUT2D eigenvalue weighted by atomic mass is 16.5. The molecule has 2 heterocycles. The van der Waals surface area contributed by atoms with Crippen LogP contribution in [0.15, 0.2) is 30.6 Å². The zero-order valence-corrected chi connectivity index (χ0v) is 10.4. The number of carbonyl (C=O) groups is 1. The van der Waals surface area contributed by atoms with Gasteiger partial charge < -0.3 is 15.2 Å². The predicted octanol–water partition coefficient (Wildman–Crippen LogP) is 0.612. The first-order chi connectivity index (χ1) is 9.19. The summed E-state index contributed by atoms with van der Waals surface area (Å²) in [6.07, 6.45) is 3.22. The van der Waals surface area contributed by atoms with Crippen LogP contribution < -0.4 is 10.5 Å². The van der Waals surface area contributed by atoms with Crippen molar-refractivity contribution in [2.75, 3.05) is 12.8 Å². The van der Waals surface area contributed by atoms with E-state index in [0.717, 1.165) is 0 Å². The molecular weight excluding hydrogens is 248 g/mol. The molecule has 0 aliphatic heterocycles. The molecule has 0 aliphatic carbocycles.